The minimum atomic E-state index is -2.79. The molecule has 4 rings (SSSR count). The van der Waals surface area contributed by atoms with Crippen LogP contribution in [0, 0.1) is 5.92 Å². The average Bonchev–Trinajstić information content (AvgIpc) is 3.03. The van der Waals surface area contributed by atoms with Gasteiger partial charge in [0.2, 0.25) is 23.6 Å². The summed E-state index contributed by atoms with van der Waals surface area (Å²) in [5, 5.41) is 17.0. The van der Waals surface area contributed by atoms with E-state index in [9.17, 15) is 33.1 Å². The summed E-state index contributed by atoms with van der Waals surface area (Å²) in [6.07, 6.45) is -1.47. The Kier molecular flexibility index (Phi) is 11.9. The van der Waals surface area contributed by atoms with Crippen molar-refractivity contribution in [3.05, 3.63) is 71.3 Å². The Labute approximate surface area is 262 Å². The van der Waals surface area contributed by atoms with Crippen molar-refractivity contribution < 1.29 is 33.1 Å². The van der Waals surface area contributed by atoms with Crippen molar-refractivity contribution in [2.24, 2.45) is 5.92 Å². The second-order valence-electron chi connectivity index (χ2n) is 11.9. The van der Waals surface area contributed by atoms with E-state index in [0.717, 1.165) is 30.8 Å². The first kappa shape index (κ1) is 33.8. The van der Waals surface area contributed by atoms with Crippen LogP contribution >= 0.6 is 0 Å². The molecule has 2 atom stereocenters. The Morgan fingerprint density at radius 1 is 0.889 bits per heavy atom. The summed E-state index contributed by atoms with van der Waals surface area (Å²) < 4.78 is 27.2. The van der Waals surface area contributed by atoms with Crippen molar-refractivity contribution >= 4 is 23.8 Å². The number of hydrogen-bond donors (Lipinski definition) is 4. The monoisotopic (exact) mass is 627 g/mol. The third kappa shape index (κ3) is 10.2. The van der Waals surface area contributed by atoms with Gasteiger partial charge in [0.25, 0.3) is 0 Å². The fourth-order valence-corrected chi connectivity index (χ4v) is 5.94. The Hall–Kier alpha value is -4.06. The van der Waals surface area contributed by atoms with Gasteiger partial charge in [-0.05, 0) is 35.4 Å². The first-order valence-corrected chi connectivity index (χ1v) is 15.6. The summed E-state index contributed by atoms with van der Waals surface area (Å²) in [5.41, 5.74) is 2.80. The van der Waals surface area contributed by atoms with Gasteiger partial charge < -0.3 is 26.0 Å². The van der Waals surface area contributed by atoms with Gasteiger partial charge in [0.05, 0.1) is 0 Å². The number of rotatable bonds is 12. The van der Waals surface area contributed by atoms with Crippen molar-refractivity contribution in [3.63, 3.8) is 0 Å². The molecule has 2 fully saturated rings. The third-order valence-electron chi connectivity index (χ3n) is 8.61. The molecule has 1 aliphatic heterocycles. The predicted octanol–water partition coefficient (Wildman–Crippen LogP) is 3.55. The van der Waals surface area contributed by atoms with E-state index in [1.54, 1.807) is 24.0 Å². The summed E-state index contributed by atoms with van der Waals surface area (Å²) >= 11 is 0. The zero-order valence-corrected chi connectivity index (χ0v) is 25.6. The van der Waals surface area contributed by atoms with Gasteiger partial charge >= 0.3 is 6.09 Å². The van der Waals surface area contributed by atoms with E-state index in [2.05, 4.69) is 33.0 Å². The fraction of sp³-hybridized carbons (Fsp3) is 0.515. The number of piperazine rings is 1. The summed E-state index contributed by atoms with van der Waals surface area (Å²) in [4.78, 5) is 54.1. The zero-order valence-electron chi connectivity index (χ0n) is 25.6. The van der Waals surface area contributed by atoms with Crippen LogP contribution in [0.4, 0.5) is 13.6 Å². The molecule has 1 saturated carbocycles. The second kappa shape index (κ2) is 15.8. The van der Waals surface area contributed by atoms with Gasteiger partial charge in [0.15, 0.2) is 0 Å². The number of carboxylic acid groups (broad SMARTS) is 1. The molecular weight excluding hydrogens is 584 g/mol. The summed E-state index contributed by atoms with van der Waals surface area (Å²) in [7, 11) is 0. The molecule has 12 heteroatoms. The lowest BCUT2D eigenvalue weighted by atomic mass is 9.81. The highest BCUT2D eigenvalue weighted by Crippen LogP contribution is 2.37. The molecule has 0 aromatic heterocycles. The minimum absolute atomic E-state index is 0.0535. The van der Waals surface area contributed by atoms with Gasteiger partial charge in [0, 0.05) is 65.0 Å². The zero-order chi connectivity index (χ0) is 32.4. The molecule has 2 aromatic carbocycles. The normalized spacial score (nSPS) is 18.4. The highest BCUT2D eigenvalue weighted by atomic mass is 19.3. The number of nitrogens with one attached hydrogen (secondary N) is 3. The first-order chi connectivity index (χ1) is 21.5. The number of nitrogens with zero attached hydrogens (tertiary/aromatic N) is 2. The maximum absolute atomic E-state index is 13.6. The maximum Gasteiger partial charge on any atom is 0.405 e. The highest BCUT2D eigenvalue weighted by molar-refractivity contribution is 5.88. The fourth-order valence-electron chi connectivity index (χ4n) is 5.94. The molecule has 4 N–H and O–H groups in total. The van der Waals surface area contributed by atoms with Crippen LogP contribution in [0.5, 0.6) is 0 Å². The lowest BCUT2D eigenvalue weighted by Gasteiger charge is -2.36. The van der Waals surface area contributed by atoms with E-state index in [-0.39, 0.29) is 50.5 Å². The van der Waals surface area contributed by atoms with Crippen LogP contribution < -0.4 is 16.0 Å². The first-order valence-electron chi connectivity index (χ1n) is 15.6. The van der Waals surface area contributed by atoms with Crippen molar-refractivity contribution in [2.45, 2.75) is 76.5 Å². The molecular formula is C33H43F2N5O5. The number of carbonyl (C=O) groups excluding carboxylic acids is 3. The summed E-state index contributed by atoms with van der Waals surface area (Å²) in [5.74, 6) is -4.19. The largest absolute Gasteiger partial charge is 0.465 e. The van der Waals surface area contributed by atoms with Crippen molar-refractivity contribution in [2.75, 3.05) is 26.2 Å². The SMILES string of the molecule is CCC(=O)NC(Cc1ccc(CNC(=O)[C@@H](NC(=O)O)C2CCC(F)(F)CC2)cc1)C(=O)N1CCN(Cc2ccccc2)CC1. The Bertz CT molecular complexity index is 1290. The molecule has 4 amide bonds. The summed E-state index contributed by atoms with van der Waals surface area (Å²) in [6.45, 7) is 5.30. The highest BCUT2D eigenvalue weighted by Gasteiger charge is 2.40. The minimum Gasteiger partial charge on any atom is -0.465 e. The van der Waals surface area contributed by atoms with E-state index in [4.69, 9.17) is 0 Å². The Morgan fingerprint density at radius 2 is 1.51 bits per heavy atom. The molecule has 0 bridgehead atoms. The lowest BCUT2D eigenvalue weighted by Crippen LogP contribution is -2.55. The van der Waals surface area contributed by atoms with Crippen LogP contribution in [0.3, 0.4) is 0 Å². The smallest absolute Gasteiger partial charge is 0.405 e. The molecule has 45 heavy (non-hydrogen) atoms. The van der Waals surface area contributed by atoms with Gasteiger partial charge in [0.1, 0.15) is 12.1 Å². The molecule has 0 radical (unpaired) electrons. The average molecular weight is 628 g/mol. The van der Waals surface area contributed by atoms with E-state index < -0.39 is 35.9 Å². The molecule has 10 nitrogen and oxygen atoms in total. The number of alkyl halides is 2. The van der Waals surface area contributed by atoms with Gasteiger partial charge in [-0.2, -0.15) is 0 Å². The second-order valence-corrected chi connectivity index (χ2v) is 11.9. The van der Waals surface area contributed by atoms with Crippen LogP contribution in [0.15, 0.2) is 54.6 Å². The molecule has 1 aliphatic carbocycles. The lowest BCUT2D eigenvalue weighted by molar-refractivity contribution is -0.138. The third-order valence-corrected chi connectivity index (χ3v) is 8.61. The molecule has 2 aromatic rings. The Balaban J connectivity index is 1.31. The molecule has 2 aliphatic rings. The van der Waals surface area contributed by atoms with Crippen LogP contribution in [-0.2, 0) is 33.9 Å². The van der Waals surface area contributed by atoms with Crippen LogP contribution in [0.1, 0.15) is 55.7 Å². The van der Waals surface area contributed by atoms with Gasteiger partial charge in [-0.1, -0.05) is 61.5 Å². The predicted molar refractivity (Wildman–Crippen MR) is 164 cm³/mol. The van der Waals surface area contributed by atoms with E-state index in [1.165, 1.54) is 5.56 Å². The maximum atomic E-state index is 13.6. The molecule has 0 spiro atoms. The quantitative estimate of drug-likeness (QED) is 0.285. The molecule has 1 heterocycles. The number of benzene rings is 2. The Morgan fingerprint density at radius 3 is 2.11 bits per heavy atom. The standard InChI is InChI=1S/C33H43F2N5O5/c1-2-28(41)37-27(31(43)40-18-16-39(17-19-40)22-25-6-4-3-5-7-25)20-23-8-10-24(11-9-23)21-36-30(42)29(38-32(44)45)26-12-14-33(34,35)15-13-26/h3-11,26-27,29,38H,2,12-22H2,1H3,(H,36,42)(H,37,41)(H,44,45)/t27?,29-/m0/s1. The van der Waals surface area contributed by atoms with Crippen LogP contribution in [0.25, 0.3) is 0 Å². The van der Waals surface area contributed by atoms with E-state index >= 15 is 0 Å². The molecule has 1 saturated heterocycles. The van der Waals surface area contributed by atoms with Crippen LogP contribution in [0.2, 0.25) is 0 Å². The van der Waals surface area contributed by atoms with Crippen molar-refractivity contribution in [1.82, 2.24) is 25.8 Å². The van der Waals surface area contributed by atoms with Gasteiger partial charge in [-0.25, -0.2) is 13.6 Å². The number of halogens is 2. The van der Waals surface area contributed by atoms with E-state index in [0.29, 0.717) is 19.5 Å². The van der Waals surface area contributed by atoms with Crippen molar-refractivity contribution in [3.8, 4) is 0 Å². The van der Waals surface area contributed by atoms with Gasteiger partial charge in [-0.3, -0.25) is 19.3 Å². The topological polar surface area (TPSA) is 131 Å². The number of carbonyl (C=O) groups is 4. The van der Waals surface area contributed by atoms with E-state index in [1.807, 2.05) is 30.3 Å². The van der Waals surface area contributed by atoms with Gasteiger partial charge in [-0.15, -0.1) is 0 Å². The summed E-state index contributed by atoms with van der Waals surface area (Å²) in [6, 6.07) is 15.6. The molecule has 244 valence electrons. The van der Waals surface area contributed by atoms with Crippen LogP contribution in [-0.4, -0.2) is 82.9 Å². The number of hydrogen-bond acceptors (Lipinski definition) is 5. The number of amides is 4. The van der Waals surface area contributed by atoms with Crippen molar-refractivity contribution in [1.29, 1.82) is 0 Å². The molecule has 1 unspecified atom stereocenters.